The molecule has 1 aliphatic heterocycles. The van der Waals surface area contributed by atoms with Crippen molar-refractivity contribution in [2.75, 3.05) is 18.5 Å². The van der Waals surface area contributed by atoms with Crippen LogP contribution in [0.15, 0.2) is 59.5 Å². The Kier molecular flexibility index (Phi) is 9.81. The molecular formula is C28H23Cl2IN2O5S. The van der Waals surface area contributed by atoms with Crippen LogP contribution in [0.25, 0.3) is 6.08 Å². The fraction of sp³-hybridized carbons (Fsp3) is 0.179. The van der Waals surface area contributed by atoms with Crippen LogP contribution in [0, 0.1) is 10.5 Å². The number of hydrogen-bond donors (Lipinski definition) is 1. The number of carbonyl (C=O) groups is 3. The van der Waals surface area contributed by atoms with Crippen molar-refractivity contribution in [2.24, 2.45) is 0 Å². The van der Waals surface area contributed by atoms with E-state index in [2.05, 4.69) is 27.9 Å². The number of aryl methyl sites for hydroxylation is 1. The van der Waals surface area contributed by atoms with Gasteiger partial charge in [-0.25, -0.2) is 0 Å². The smallest absolute Gasteiger partial charge is 0.293 e. The number of imide groups is 1. The van der Waals surface area contributed by atoms with Crippen LogP contribution < -0.4 is 14.8 Å². The van der Waals surface area contributed by atoms with Gasteiger partial charge >= 0.3 is 0 Å². The monoisotopic (exact) mass is 696 g/mol. The Morgan fingerprint density at radius 3 is 2.51 bits per heavy atom. The summed E-state index contributed by atoms with van der Waals surface area (Å²) in [6.45, 7) is 3.99. The van der Waals surface area contributed by atoms with Crippen molar-refractivity contribution in [1.82, 2.24) is 4.90 Å². The van der Waals surface area contributed by atoms with Gasteiger partial charge in [0.2, 0.25) is 0 Å². The first-order valence-electron chi connectivity index (χ1n) is 11.8. The summed E-state index contributed by atoms with van der Waals surface area (Å²) < 4.78 is 12.3. The number of nitrogens with one attached hydrogen (secondary N) is 1. The largest absolute Gasteiger partial charge is 0.490 e. The summed E-state index contributed by atoms with van der Waals surface area (Å²) in [5.74, 6) is 0.0949. The molecule has 11 heteroatoms. The molecule has 202 valence electrons. The third-order valence-corrected chi connectivity index (χ3v) is 7.93. The van der Waals surface area contributed by atoms with Gasteiger partial charge in [-0.2, -0.15) is 0 Å². The molecule has 1 heterocycles. The van der Waals surface area contributed by atoms with Crippen molar-refractivity contribution in [1.29, 1.82) is 0 Å². The zero-order chi connectivity index (χ0) is 28.1. The van der Waals surface area contributed by atoms with E-state index in [1.54, 1.807) is 54.6 Å². The quantitative estimate of drug-likeness (QED) is 0.184. The molecule has 3 aromatic rings. The van der Waals surface area contributed by atoms with Crippen molar-refractivity contribution >= 4 is 86.4 Å². The molecule has 39 heavy (non-hydrogen) atoms. The minimum Gasteiger partial charge on any atom is -0.490 e. The molecule has 3 amide bonds. The van der Waals surface area contributed by atoms with Crippen LogP contribution in [-0.4, -0.2) is 35.2 Å². The van der Waals surface area contributed by atoms with Gasteiger partial charge in [-0.1, -0.05) is 41.4 Å². The maximum Gasteiger partial charge on any atom is 0.293 e. The van der Waals surface area contributed by atoms with Gasteiger partial charge in [-0.3, -0.25) is 19.3 Å². The average molecular weight is 697 g/mol. The first-order valence-corrected chi connectivity index (χ1v) is 14.4. The zero-order valence-corrected chi connectivity index (χ0v) is 25.4. The van der Waals surface area contributed by atoms with E-state index < -0.39 is 0 Å². The average Bonchev–Trinajstić information content (AvgIpc) is 3.14. The Bertz CT molecular complexity index is 1460. The standard InChI is InChI=1S/C28H23Cl2IN2O5S/c1-3-37-23-11-18(12-24-27(35)33(28(36)39-24)14-17-5-7-19(29)8-6-17)10-22(31)26(23)38-15-25(34)32-20-9-4-16(2)21(30)13-20/h4-13H,3,14-15H2,1-2H3,(H,32,34)/b24-12-. The van der Waals surface area contributed by atoms with Gasteiger partial charge in [-0.15, -0.1) is 0 Å². The number of amides is 3. The van der Waals surface area contributed by atoms with E-state index in [1.165, 1.54) is 4.90 Å². The lowest BCUT2D eigenvalue weighted by Crippen LogP contribution is -2.27. The maximum atomic E-state index is 13.0. The van der Waals surface area contributed by atoms with Gasteiger partial charge in [0.05, 0.1) is 21.6 Å². The second-order valence-corrected chi connectivity index (χ2v) is 11.5. The molecule has 3 aromatic carbocycles. The third-order valence-electron chi connectivity index (χ3n) is 5.56. The molecule has 0 atom stereocenters. The molecule has 1 fully saturated rings. The third kappa shape index (κ3) is 7.47. The van der Waals surface area contributed by atoms with Gasteiger partial charge < -0.3 is 14.8 Å². The number of hydrogen-bond acceptors (Lipinski definition) is 6. The number of thioether (sulfide) groups is 1. The van der Waals surface area contributed by atoms with E-state index in [0.29, 0.717) is 47.9 Å². The molecule has 1 N–H and O–H groups in total. The van der Waals surface area contributed by atoms with E-state index >= 15 is 0 Å². The maximum absolute atomic E-state index is 13.0. The number of carbonyl (C=O) groups excluding carboxylic acids is 3. The summed E-state index contributed by atoms with van der Waals surface area (Å²) in [6, 6.07) is 15.8. The van der Waals surface area contributed by atoms with Gasteiger partial charge in [0, 0.05) is 15.7 Å². The van der Waals surface area contributed by atoms with Crippen LogP contribution >= 0.6 is 57.6 Å². The molecule has 0 spiro atoms. The van der Waals surface area contributed by atoms with Crippen molar-refractivity contribution in [3.05, 3.63) is 89.8 Å². The first kappa shape index (κ1) is 29.3. The van der Waals surface area contributed by atoms with Crippen molar-refractivity contribution in [3.63, 3.8) is 0 Å². The SMILES string of the molecule is CCOc1cc(/C=C2\SC(=O)N(Cc3ccc(Cl)cc3)C2=O)cc(I)c1OCC(=O)Nc1ccc(C)c(Cl)c1. The second kappa shape index (κ2) is 13.1. The molecule has 1 saturated heterocycles. The molecule has 0 bridgehead atoms. The lowest BCUT2D eigenvalue weighted by molar-refractivity contribution is -0.123. The molecule has 4 rings (SSSR count). The van der Waals surface area contributed by atoms with Crippen LogP contribution in [0.1, 0.15) is 23.6 Å². The Balaban J connectivity index is 1.48. The van der Waals surface area contributed by atoms with Gasteiger partial charge in [0.15, 0.2) is 18.1 Å². The summed E-state index contributed by atoms with van der Waals surface area (Å²) in [6.07, 6.45) is 1.65. The Morgan fingerprint density at radius 1 is 1.08 bits per heavy atom. The Morgan fingerprint density at radius 2 is 1.82 bits per heavy atom. The van der Waals surface area contributed by atoms with Gasteiger partial charge in [0.1, 0.15) is 0 Å². The van der Waals surface area contributed by atoms with Crippen LogP contribution in [0.2, 0.25) is 10.0 Å². The predicted octanol–water partition coefficient (Wildman–Crippen LogP) is 7.56. The van der Waals surface area contributed by atoms with Crippen LogP contribution in [0.3, 0.4) is 0 Å². The molecular weight excluding hydrogens is 674 g/mol. The molecule has 7 nitrogen and oxygen atoms in total. The van der Waals surface area contributed by atoms with E-state index in [9.17, 15) is 14.4 Å². The van der Waals surface area contributed by atoms with Crippen molar-refractivity contribution < 1.29 is 23.9 Å². The summed E-state index contributed by atoms with van der Waals surface area (Å²) in [5, 5.41) is 3.55. The number of rotatable bonds is 9. The highest BCUT2D eigenvalue weighted by Crippen LogP contribution is 2.38. The minimum atomic E-state index is -0.374. The fourth-order valence-electron chi connectivity index (χ4n) is 3.64. The Labute approximate surface area is 254 Å². The topological polar surface area (TPSA) is 84.9 Å². The van der Waals surface area contributed by atoms with Gasteiger partial charge in [0.25, 0.3) is 17.1 Å². The summed E-state index contributed by atoms with van der Waals surface area (Å²) in [5.41, 5.74) is 2.94. The molecule has 0 aromatic heterocycles. The van der Waals surface area contributed by atoms with E-state index in [1.807, 2.05) is 19.9 Å². The van der Waals surface area contributed by atoms with Gasteiger partial charge in [-0.05, 0) is 107 Å². The summed E-state index contributed by atoms with van der Waals surface area (Å²) >= 11 is 15.0. The number of halogens is 3. The number of ether oxygens (including phenoxy) is 2. The van der Waals surface area contributed by atoms with E-state index in [-0.39, 0.29) is 30.2 Å². The number of anilines is 1. The van der Waals surface area contributed by atoms with Crippen LogP contribution in [-0.2, 0) is 16.1 Å². The summed E-state index contributed by atoms with van der Waals surface area (Å²) in [4.78, 5) is 39.6. The molecule has 0 saturated carbocycles. The number of nitrogens with zero attached hydrogens (tertiary/aromatic N) is 1. The first-order chi connectivity index (χ1) is 18.6. The lowest BCUT2D eigenvalue weighted by atomic mass is 10.1. The van der Waals surface area contributed by atoms with Crippen molar-refractivity contribution in [3.8, 4) is 11.5 Å². The zero-order valence-electron chi connectivity index (χ0n) is 20.9. The molecule has 1 aliphatic rings. The molecule has 0 aliphatic carbocycles. The lowest BCUT2D eigenvalue weighted by Gasteiger charge is -2.15. The highest BCUT2D eigenvalue weighted by atomic mass is 127. The second-order valence-electron chi connectivity index (χ2n) is 8.46. The molecule has 0 unspecified atom stereocenters. The summed E-state index contributed by atoms with van der Waals surface area (Å²) in [7, 11) is 0. The van der Waals surface area contributed by atoms with E-state index in [0.717, 1.165) is 22.9 Å². The molecule has 0 radical (unpaired) electrons. The van der Waals surface area contributed by atoms with Crippen LogP contribution in [0.4, 0.5) is 10.5 Å². The highest BCUT2D eigenvalue weighted by Gasteiger charge is 2.35. The fourth-order valence-corrected chi connectivity index (χ4v) is 5.57. The van der Waals surface area contributed by atoms with Crippen LogP contribution in [0.5, 0.6) is 11.5 Å². The normalized spacial score (nSPS) is 14.2. The van der Waals surface area contributed by atoms with Crippen molar-refractivity contribution in [2.45, 2.75) is 20.4 Å². The minimum absolute atomic E-state index is 0.157. The number of benzene rings is 3. The predicted molar refractivity (Wildman–Crippen MR) is 164 cm³/mol. The Hall–Kier alpha value is -2.73. The highest BCUT2D eigenvalue weighted by molar-refractivity contribution is 14.1. The van der Waals surface area contributed by atoms with E-state index in [4.69, 9.17) is 32.7 Å².